The summed E-state index contributed by atoms with van der Waals surface area (Å²) in [7, 11) is 1.75. The number of Topliss-reactive ketones (excluding diaryl/α,β-unsaturated/α-hetero) is 1. The van der Waals surface area contributed by atoms with Crippen LogP contribution in [0.25, 0.3) is 0 Å². The molecule has 0 aliphatic heterocycles. The number of ether oxygens (including phenoxy) is 1. The number of ketones is 1. The van der Waals surface area contributed by atoms with Crippen LogP contribution < -0.4 is 0 Å². The van der Waals surface area contributed by atoms with E-state index in [1.54, 1.807) is 7.11 Å². The summed E-state index contributed by atoms with van der Waals surface area (Å²) in [6, 6.07) is 0. The van der Waals surface area contributed by atoms with E-state index in [4.69, 9.17) is 4.74 Å². The van der Waals surface area contributed by atoms with Crippen LogP contribution in [0.2, 0.25) is 0 Å². The van der Waals surface area contributed by atoms with Gasteiger partial charge in [-0.2, -0.15) is 0 Å². The van der Waals surface area contributed by atoms with Crippen molar-refractivity contribution in [3.63, 3.8) is 0 Å². The molecule has 1 aliphatic rings. The second kappa shape index (κ2) is 7.23. The lowest BCUT2D eigenvalue weighted by Crippen LogP contribution is -2.43. The minimum Gasteiger partial charge on any atom is -0.384 e. The molecule has 0 aromatic rings. The highest BCUT2D eigenvalue weighted by Gasteiger charge is 2.44. The lowest BCUT2D eigenvalue weighted by molar-refractivity contribution is -0.130. The minimum absolute atomic E-state index is 0.217. The molecule has 0 spiro atoms. The molecule has 0 amide bonds. The smallest absolute Gasteiger partial charge is 0.136 e. The zero-order chi connectivity index (χ0) is 14.5. The van der Waals surface area contributed by atoms with Gasteiger partial charge in [-0.05, 0) is 36.5 Å². The molecule has 0 aromatic carbocycles. The van der Waals surface area contributed by atoms with Crippen LogP contribution in [-0.4, -0.2) is 19.5 Å². The van der Waals surface area contributed by atoms with E-state index in [1.165, 1.54) is 12.8 Å². The van der Waals surface area contributed by atoms with Crippen LogP contribution in [0.3, 0.4) is 0 Å². The number of hydrogen-bond donors (Lipinski definition) is 0. The third-order valence-electron chi connectivity index (χ3n) is 4.72. The molecule has 0 radical (unpaired) electrons. The first-order chi connectivity index (χ1) is 8.94. The summed E-state index contributed by atoms with van der Waals surface area (Å²) in [6.07, 6.45) is 6.75. The lowest BCUT2D eigenvalue weighted by Gasteiger charge is -2.46. The average molecular weight is 266 g/mol. The number of hydrogen-bond acceptors (Lipinski definition) is 2. The molecule has 110 valence electrons. The van der Waals surface area contributed by atoms with Crippen molar-refractivity contribution in [3.8, 4) is 0 Å². The first-order valence-corrected chi connectivity index (χ1v) is 7.56. The summed E-state index contributed by atoms with van der Waals surface area (Å²) in [5, 5.41) is 0. The van der Waals surface area contributed by atoms with Gasteiger partial charge in [0.25, 0.3) is 0 Å². The van der Waals surface area contributed by atoms with E-state index in [-0.39, 0.29) is 11.3 Å². The molecule has 0 bridgehead atoms. The Labute approximate surface area is 118 Å². The molecule has 0 saturated heterocycles. The summed E-state index contributed by atoms with van der Waals surface area (Å²) >= 11 is 0. The van der Waals surface area contributed by atoms with Crippen molar-refractivity contribution in [1.82, 2.24) is 0 Å². The van der Waals surface area contributed by atoms with Crippen molar-refractivity contribution in [2.45, 2.75) is 52.9 Å². The van der Waals surface area contributed by atoms with Gasteiger partial charge >= 0.3 is 0 Å². The summed E-state index contributed by atoms with van der Waals surface area (Å²) in [5.41, 5.74) is 0.241. The maximum atomic E-state index is 12.5. The average Bonchev–Trinajstić information content (AvgIpc) is 2.34. The maximum absolute atomic E-state index is 12.5. The molecule has 2 heteroatoms. The van der Waals surface area contributed by atoms with Crippen LogP contribution in [0.1, 0.15) is 52.9 Å². The van der Waals surface area contributed by atoms with Crippen molar-refractivity contribution >= 4 is 5.78 Å². The van der Waals surface area contributed by atoms with Gasteiger partial charge in [-0.15, -0.1) is 6.58 Å². The van der Waals surface area contributed by atoms with E-state index in [0.717, 1.165) is 19.4 Å². The largest absolute Gasteiger partial charge is 0.384 e. The highest BCUT2D eigenvalue weighted by molar-refractivity contribution is 5.81. The quantitative estimate of drug-likeness (QED) is 0.644. The first kappa shape index (κ1) is 16.4. The Morgan fingerprint density at radius 3 is 2.79 bits per heavy atom. The molecule has 1 rings (SSSR count). The molecule has 19 heavy (non-hydrogen) atoms. The van der Waals surface area contributed by atoms with Crippen molar-refractivity contribution in [2.75, 3.05) is 13.7 Å². The Bertz CT molecular complexity index is 306. The molecule has 1 aliphatic carbocycles. The van der Waals surface area contributed by atoms with Crippen LogP contribution in [-0.2, 0) is 9.53 Å². The lowest BCUT2D eigenvalue weighted by atomic mass is 9.58. The molecular weight excluding hydrogens is 236 g/mol. The highest BCUT2D eigenvalue weighted by atomic mass is 16.5. The number of allylic oxidation sites excluding steroid dienone is 1. The van der Waals surface area contributed by atoms with Crippen molar-refractivity contribution in [1.29, 1.82) is 0 Å². The van der Waals surface area contributed by atoms with Crippen LogP contribution in [0, 0.1) is 23.2 Å². The summed E-state index contributed by atoms with van der Waals surface area (Å²) in [5.74, 6) is 1.53. The van der Waals surface area contributed by atoms with E-state index in [9.17, 15) is 4.79 Å². The Hall–Kier alpha value is -0.630. The van der Waals surface area contributed by atoms with E-state index < -0.39 is 0 Å². The number of rotatable bonds is 7. The van der Waals surface area contributed by atoms with Crippen LogP contribution >= 0.6 is 0 Å². The van der Waals surface area contributed by atoms with Gasteiger partial charge in [-0.3, -0.25) is 4.79 Å². The van der Waals surface area contributed by atoms with Crippen molar-refractivity contribution < 1.29 is 9.53 Å². The Kier molecular flexibility index (Phi) is 6.25. The van der Waals surface area contributed by atoms with Gasteiger partial charge < -0.3 is 4.74 Å². The fourth-order valence-corrected chi connectivity index (χ4v) is 3.99. The second-order valence-corrected chi connectivity index (χ2v) is 6.74. The molecule has 1 fully saturated rings. The van der Waals surface area contributed by atoms with Gasteiger partial charge in [0.2, 0.25) is 0 Å². The highest BCUT2D eigenvalue weighted by Crippen LogP contribution is 2.48. The Balaban J connectivity index is 2.85. The Morgan fingerprint density at radius 2 is 2.21 bits per heavy atom. The molecular formula is C17H30O2. The molecule has 3 unspecified atom stereocenters. The van der Waals surface area contributed by atoms with E-state index in [0.29, 0.717) is 24.0 Å². The third-order valence-corrected chi connectivity index (χ3v) is 4.72. The van der Waals surface area contributed by atoms with E-state index in [2.05, 4.69) is 27.4 Å². The van der Waals surface area contributed by atoms with E-state index in [1.807, 2.05) is 6.08 Å². The van der Waals surface area contributed by atoms with Gasteiger partial charge in [0.05, 0.1) is 0 Å². The number of carbonyl (C=O) groups excluding carboxylic acids is 1. The van der Waals surface area contributed by atoms with Gasteiger partial charge in [0.1, 0.15) is 5.78 Å². The molecule has 0 aromatic heterocycles. The van der Waals surface area contributed by atoms with Crippen molar-refractivity contribution in [2.24, 2.45) is 23.2 Å². The van der Waals surface area contributed by atoms with Crippen LogP contribution in [0.5, 0.6) is 0 Å². The minimum atomic E-state index is 0.217. The zero-order valence-corrected chi connectivity index (χ0v) is 13.1. The fourth-order valence-electron chi connectivity index (χ4n) is 3.99. The zero-order valence-electron chi connectivity index (χ0n) is 13.1. The summed E-state index contributed by atoms with van der Waals surface area (Å²) in [6.45, 7) is 11.3. The van der Waals surface area contributed by atoms with Crippen LogP contribution in [0.15, 0.2) is 12.7 Å². The summed E-state index contributed by atoms with van der Waals surface area (Å²) in [4.78, 5) is 12.5. The number of methoxy groups -OCH3 is 1. The Morgan fingerprint density at radius 1 is 1.53 bits per heavy atom. The molecule has 2 nitrogen and oxygen atoms in total. The van der Waals surface area contributed by atoms with Gasteiger partial charge in [0, 0.05) is 26.1 Å². The summed E-state index contributed by atoms with van der Waals surface area (Å²) < 4.78 is 5.33. The molecule has 3 atom stereocenters. The fraction of sp³-hybridized carbons (Fsp3) is 0.824. The molecule has 1 saturated carbocycles. The number of carbonyl (C=O) groups is 1. The third kappa shape index (κ3) is 4.17. The second-order valence-electron chi connectivity index (χ2n) is 6.74. The SMILES string of the molecule is C=CCCC(=O)C1CCCC(C)(C)C1C(C)COC. The van der Waals surface area contributed by atoms with Gasteiger partial charge in [-0.25, -0.2) is 0 Å². The predicted octanol–water partition coefficient (Wildman–Crippen LogP) is 4.25. The van der Waals surface area contributed by atoms with Crippen LogP contribution in [0.4, 0.5) is 0 Å². The topological polar surface area (TPSA) is 26.3 Å². The normalized spacial score (nSPS) is 27.8. The van der Waals surface area contributed by atoms with Gasteiger partial charge in [0.15, 0.2) is 0 Å². The molecule has 0 N–H and O–H groups in total. The monoisotopic (exact) mass is 266 g/mol. The first-order valence-electron chi connectivity index (χ1n) is 7.56. The van der Waals surface area contributed by atoms with E-state index >= 15 is 0 Å². The molecule has 0 heterocycles. The maximum Gasteiger partial charge on any atom is 0.136 e. The van der Waals surface area contributed by atoms with Crippen molar-refractivity contribution in [3.05, 3.63) is 12.7 Å². The predicted molar refractivity (Wildman–Crippen MR) is 80.1 cm³/mol. The van der Waals surface area contributed by atoms with Gasteiger partial charge in [-0.1, -0.05) is 33.3 Å². The standard InChI is InChI=1S/C17H30O2/c1-6-7-10-15(18)14-9-8-11-17(3,4)16(14)13(2)12-19-5/h6,13-14,16H,1,7-12H2,2-5H3.